The minimum absolute atomic E-state index is 0.0146. The van der Waals surface area contributed by atoms with Crippen molar-refractivity contribution in [2.24, 2.45) is 0 Å². The largest absolute Gasteiger partial charge is 0.497 e. The van der Waals surface area contributed by atoms with E-state index in [-0.39, 0.29) is 18.0 Å². The van der Waals surface area contributed by atoms with E-state index in [1.807, 2.05) is 65.6 Å². The van der Waals surface area contributed by atoms with Crippen molar-refractivity contribution in [3.63, 3.8) is 0 Å². The van der Waals surface area contributed by atoms with Crippen LogP contribution in [0.2, 0.25) is 0 Å². The molecule has 4 rings (SSSR count). The molecule has 0 saturated heterocycles. The molecule has 0 bridgehead atoms. The van der Waals surface area contributed by atoms with Gasteiger partial charge in [0.05, 0.1) is 13.2 Å². The third-order valence-electron chi connectivity index (χ3n) is 5.26. The van der Waals surface area contributed by atoms with Gasteiger partial charge in [-0.25, -0.2) is 0 Å². The van der Waals surface area contributed by atoms with Crippen molar-refractivity contribution >= 4 is 17.3 Å². The molecule has 1 N–H and O–H groups in total. The Balaban J connectivity index is 1.66. The molecule has 142 valence electrons. The van der Waals surface area contributed by atoms with Crippen molar-refractivity contribution < 1.29 is 9.53 Å². The standard InChI is InChI=1S/C24H24N2O2/c1-17-16-22(25-19-8-4-3-5-9-19)21-10-6-7-11-23(21)26(17)24(27)18-12-14-20(28-2)15-13-18/h3-15,17,22,25H,16H2,1-2H3/t17-,22-/m0/s1. The van der Waals surface area contributed by atoms with Crippen LogP contribution in [-0.4, -0.2) is 19.1 Å². The Kier molecular flexibility index (Phi) is 5.02. The van der Waals surface area contributed by atoms with Gasteiger partial charge in [0.1, 0.15) is 5.75 Å². The SMILES string of the molecule is COc1ccc(C(=O)N2c3ccccc3[C@@H](Nc3ccccc3)C[C@@H]2C)cc1. The van der Waals surface area contributed by atoms with E-state index < -0.39 is 0 Å². The van der Waals surface area contributed by atoms with Gasteiger partial charge in [0, 0.05) is 23.0 Å². The van der Waals surface area contributed by atoms with Gasteiger partial charge in [-0.1, -0.05) is 36.4 Å². The Hall–Kier alpha value is -3.27. The highest BCUT2D eigenvalue weighted by molar-refractivity contribution is 6.07. The molecule has 0 aromatic heterocycles. The summed E-state index contributed by atoms with van der Waals surface area (Å²) in [7, 11) is 1.62. The molecule has 0 radical (unpaired) electrons. The monoisotopic (exact) mass is 372 g/mol. The quantitative estimate of drug-likeness (QED) is 0.677. The average molecular weight is 372 g/mol. The molecule has 4 nitrogen and oxygen atoms in total. The minimum atomic E-state index is 0.0146. The molecule has 2 atom stereocenters. The Morgan fingerprint density at radius 3 is 2.36 bits per heavy atom. The summed E-state index contributed by atoms with van der Waals surface area (Å²) in [5, 5.41) is 3.63. The van der Waals surface area contributed by atoms with Crippen LogP contribution in [0.3, 0.4) is 0 Å². The van der Waals surface area contributed by atoms with E-state index >= 15 is 0 Å². The van der Waals surface area contributed by atoms with Gasteiger partial charge in [0.25, 0.3) is 5.91 Å². The number of para-hydroxylation sites is 2. The molecular formula is C24H24N2O2. The Morgan fingerprint density at radius 1 is 0.964 bits per heavy atom. The number of ether oxygens (including phenoxy) is 1. The van der Waals surface area contributed by atoms with Gasteiger partial charge in [0.2, 0.25) is 0 Å². The number of anilines is 2. The first-order valence-corrected chi connectivity index (χ1v) is 9.55. The number of benzene rings is 3. The van der Waals surface area contributed by atoms with Gasteiger partial charge < -0.3 is 15.0 Å². The average Bonchev–Trinajstić information content (AvgIpc) is 2.74. The summed E-state index contributed by atoms with van der Waals surface area (Å²) >= 11 is 0. The number of carbonyl (C=O) groups is 1. The summed E-state index contributed by atoms with van der Waals surface area (Å²) in [6.45, 7) is 2.11. The van der Waals surface area contributed by atoms with Crippen LogP contribution in [0.5, 0.6) is 5.75 Å². The second kappa shape index (κ2) is 7.77. The summed E-state index contributed by atoms with van der Waals surface area (Å²) in [5.74, 6) is 0.761. The normalized spacial score (nSPS) is 18.3. The molecule has 3 aromatic carbocycles. The molecule has 0 saturated carbocycles. The lowest BCUT2D eigenvalue weighted by molar-refractivity contribution is 0.0974. The Bertz CT molecular complexity index is 954. The summed E-state index contributed by atoms with van der Waals surface area (Å²) in [5.41, 5.74) is 3.86. The Morgan fingerprint density at radius 2 is 1.64 bits per heavy atom. The van der Waals surface area contributed by atoms with E-state index in [0.29, 0.717) is 5.56 Å². The summed E-state index contributed by atoms with van der Waals surface area (Å²) in [4.78, 5) is 15.2. The van der Waals surface area contributed by atoms with Crippen LogP contribution < -0.4 is 15.0 Å². The van der Waals surface area contributed by atoms with Crippen LogP contribution in [-0.2, 0) is 0 Å². The molecule has 4 heteroatoms. The molecule has 1 aliphatic heterocycles. The number of hydrogen-bond acceptors (Lipinski definition) is 3. The zero-order chi connectivity index (χ0) is 19.5. The highest BCUT2D eigenvalue weighted by Gasteiger charge is 2.34. The summed E-state index contributed by atoms with van der Waals surface area (Å²) < 4.78 is 5.21. The predicted molar refractivity (Wildman–Crippen MR) is 113 cm³/mol. The number of fused-ring (bicyclic) bond motifs is 1. The van der Waals surface area contributed by atoms with E-state index in [9.17, 15) is 4.79 Å². The van der Waals surface area contributed by atoms with Gasteiger partial charge in [0.15, 0.2) is 0 Å². The van der Waals surface area contributed by atoms with Crippen molar-refractivity contribution in [2.75, 3.05) is 17.3 Å². The molecule has 3 aromatic rings. The van der Waals surface area contributed by atoms with Crippen molar-refractivity contribution in [2.45, 2.75) is 25.4 Å². The number of nitrogens with one attached hydrogen (secondary N) is 1. The molecule has 28 heavy (non-hydrogen) atoms. The maximum atomic E-state index is 13.3. The number of carbonyl (C=O) groups excluding carboxylic acids is 1. The zero-order valence-corrected chi connectivity index (χ0v) is 16.1. The third-order valence-corrected chi connectivity index (χ3v) is 5.26. The lowest BCUT2D eigenvalue weighted by atomic mass is 9.90. The van der Waals surface area contributed by atoms with Crippen molar-refractivity contribution in [3.8, 4) is 5.75 Å². The van der Waals surface area contributed by atoms with Crippen molar-refractivity contribution in [1.29, 1.82) is 0 Å². The molecule has 0 fully saturated rings. The smallest absolute Gasteiger partial charge is 0.258 e. The molecule has 0 aliphatic carbocycles. The highest BCUT2D eigenvalue weighted by Crippen LogP contribution is 2.39. The fourth-order valence-electron chi connectivity index (χ4n) is 3.87. The predicted octanol–water partition coefficient (Wildman–Crippen LogP) is 5.29. The molecular weight excluding hydrogens is 348 g/mol. The van der Waals surface area contributed by atoms with Crippen LogP contribution in [0.4, 0.5) is 11.4 Å². The second-order valence-electron chi connectivity index (χ2n) is 7.11. The fraction of sp³-hybridized carbons (Fsp3) is 0.208. The topological polar surface area (TPSA) is 41.6 Å². The number of nitrogens with zero attached hydrogens (tertiary/aromatic N) is 1. The van der Waals surface area contributed by atoms with Gasteiger partial charge >= 0.3 is 0 Å². The lowest BCUT2D eigenvalue weighted by Gasteiger charge is -2.40. The second-order valence-corrected chi connectivity index (χ2v) is 7.11. The number of hydrogen-bond donors (Lipinski definition) is 1. The highest BCUT2D eigenvalue weighted by atomic mass is 16.5. The van der Waals surface area contributed by atoms with Crippen molar-refractivity contribution in [1.82, 2.24) is 0 Å². The molecule has 0 unspecified atom stereocenters. The Labute approximate surface area is 165 Å². The summed E-state index contributed by atoms with van der Waals surface area (Å²) in [6, 6.07) is 25.9. The maximum absolute atomic E-state index is 13.3. The van der Waals surface area contributed by atoms with Gasteiger partial charge in [-0.05, 0) is 61.4 Å². The van der Waals surface area contributed by atoms with Crippen LogP contribution >= 0.6 is 0 Å². The number of methoxy groups -OCH3 is 1. The first-order chi connectivity index (χ1) is 13.7. The lowest BCUT2D eigenvalue weighted by Crippen LogP contribution is -2.44. The number of rotatable bonds is 4. The van der Waals surface area contributed by atoms with Crippen LogP contribution in [0.15, 0.2) is 78.9 Å². The zero-order valence-electron chi connectivity index (χ0n) is 16.1. The fourth-order valence-corrected chi connectivity index (χ4v) is 3.87. The van der Waals surface area contributed by atoms with Gasteiger partial charge in [-0.3, -0.25) is 4.79 Å². The first-order valence-electron chi connectivity index (χ1n) is 9.55. The summed E-state index contributed by atoms with van der Waals surface area (Å²) in [6.07, 6.45) is 0.841. The van der Waals surface area contributed by atoms with Crippen LogP contribution in [0, 0.1) is 0 Å². The van der Waals surface area contributed by atoms with E-state index in [1.54, 1.807) is 7.11 Å². The van der Waals surface area contributed by atoms with E-state index in [4.69, 9.17) is 4.74 Å². The molecule has 1 aliphatic rings. The molecule has 1 heterocycles. The third kappa shape index (κ3) is 3.46. The maximum Gasteiger partial charge on any atom is 0.258 e. The van der Waals surface area contributed by atoms with E-state index in [0.717, 1.165) is 29.1 Å². The van der Waals surface area contributed by atoms with E-state index in [1.165, 1.54) is 0 Å². The van der Waals surface area contributed by atoms with Crippen LogP contribution in [0.1, 0.15) is 35.3 Å². The minimum Gasteiger partial charge on any atom is -0.497 e. The molecule has 1 amide bonds. The first kappa shape index (κ1) is 18.1. The molecule has 0 spiro atoms. The number of amides is 1. The van der Waals surface area contributed by atoms with Gasteiger partial charge in [-0.2, -0.15) is 0 Å². The van der Waals surface area contributed by atoms with Gasteiger partial charge in [-0.15, -0.1) is 0 Å². The van der Waals surface area contributed by atoms with E-state index in [2.05, 4.69) is 30.4 Å². The van der Waals surface area contributed by atoms with Crippen molar-refractivity contribution in [3.05, 3.63) is 90.0 Å². The van der Waals surface area contributed by atoms with Crippen LogP contribution in [0.25, 0.3) is 0 Å².